The molecular weight excluding hydrogens is 230 g/mol. The number of nitrogens with two attached hydrogens (primary N) is 1. The number of hydrogen-bond acceptors (Lipinski definition) is 3. The summed E-state index contributed by atoms with van der Waals surface area (Å²) in [5.74, 6) is 0.293. The van der Waals surface area contributed by atoms with E-state index in [9.17, 15) is 9.59 Å². The first-order valence-electron chi connectivity index (χ1n) is 6.75. The van der Waals surface area contributed by atoms with Crippen molar-refractivity contribution in [3.8, 4) is 0 Å². The molecule has 0 spiro atoms. The quantitative estimate of drug-likeness (QED) is 0.571. The largest absolute Gasteiger partial charge is 0.352 e. The van der Waals surface area contributed by atoms with E-state index in [1.807, 2.05) is 13.8 Å². The molecule has 0 heterocycles. The average Bonchev–Trinajstić information content (AvgIpc) is 2.31. The molecule has 1 atom stereocenters. The van der Waals surface area contributed by atoms with Crippen LogP contribution in [0.2, 0.25) is 0 Å². The van der Waals surface area contributed by atoms with Crippen molar-refractivity contribution in [2.75, 3.05) is 13.1 Å². The van der Waals surface area contributed by atoms with Gasteiger partial charge in [0.1, 0.15) is 0 Å². The normalized spacial score (nSPS) is 12.3. The maximum absolute atomic E-state index is 11.5. The number of hydrogen-bond donors (Lipinski definition) is 3. The first-order chi connectivity index (χ1) is 8.49. The van der Waals surface area contributed by atoms with E-state index in [1.54, 1.807) is 0 Å². The van der Waals surface area contributed by atoms with Crippen LogP contribution >= 0.6 is 0 Å². The van der Waals surface area contributed by atoms with E-state index < -0.39 is 0 Å². The van der Waals surface area contributed by atoms with E-state index in [-0.39, 0.29) is 24.4 Å². The fraction of sp³-hybridized carbons (Fsp3) is 0.846. The SMILES string of the molecule is CCC(CCN)CCC(=O)NCC(=O)NC(C)C. The van der Waals surface area contributed by atoms with E-state index >= 15 is 0 Å². The Balaban J connectivity index is 3.74. The van der Waals surface area contributed by atoms with E-state index in [0.717, 1.165) is 19.3 Å². The van der Waals surface area contributed by atoms with Crippen molar-refractivity contribution in [3.05, 3.63) is 0 Å². The van der Waals surface area contributed by atoms with Crippen molar-refractivity contribution in [1.82, 2.24) is 10.6 Å². The fourth-order valence-corrected chi connectivity index (χ4v) is 1.76. The Hall–Kier alpha value is -1.10. The van der Waals surface area contributed by atoms with Gasteiger partial charge >= 0.3 is 0 Å². The molecule has 0 aromatic heterocycles. The minimum absolute atomic E-state index is 0.0602. The van der Waals surface area contributed by atoms with Crippen LogP contribution in [0, 0.1) is 5.92 Å². The summed E-state index contributed by atoms with van der Waals surface area (Å²) < 4.78 is 0. The highest BCUT2D eigenvalue weighted by molar-refractivity contribution is 5.84. The van der Waals surface area contributed by atoms with Crippen LogP contribution in [0.3, 0.4) is 0 Å². The molecule has 0 aromatic rings. The van der Waals surface area contributed by atoms with Crippen LogP contribution in [-0.2, 0) is 9.59 Å². The van der Waals surface area contributed by atoms with E-state index in [1.165, 1.54) is 0 Å². The summed E-state index contributed by atoms with van der Waals surface area (Å²) in [4.78, 5) is 22.8. The predicted octanol–water partition coefficient (Wildman–Crippen LogP) is 0.782. The zero-order valence-corrected chi connectivity index (χ0v) is 11.8. The van der Waals surface area contributed by atoms with Crippen molar-refractivity contribution >= 4 is 11.8 Å². The van der Waals surface area contributed by atoms with Gasteiger partial charge in [-0.05, 0) is 39.2 Å². The van der Waals surface area contributed by atoms with Gasteiger partial charge in [-0.3, -0.25) is 9.59 Å². The Morgan fingerprint density at radius 2 is 1.83 bits per heavy atom. The zero-order chi connectivity index (χ0) is 14.0. The lowest BCUT2D eigenvalue weighted by molar-refractivity contribution is -0.126. The van der Waals surface area contributed by atoms with Gasteiger partial charge in [-0.1, -0.05) is 13.3 Å². The van der Waals surface area contributed by atoms with Gasteiger partial charge in [-0.15, -0.1) is 0 Å². The van der Waals surface area contributed by atoms with Crippen LogP contribution in [0.15, 0.2) is 0 Å². The Bertz CT molecular complexity index is 255. The smallest absolute Gasteiger partial charge is 0.239 e. The summed E-state index contributed by atoms with van der Waals surface area (Å²) in [7, 11) is 0. The third-order valence-electron chi connectivity index (χ3n) is 2.83. The summed E-state index contributed by atoms with van der Waals surface area (Å²) in [5, 5.41) is 5.35. The van der Waals surface area contributed by atoms with Crippen molar-refractivity contribution in [1.29, 1.82) is 0 Å². The third kappa shape index (κ3) is 8.98. The molecule has 0 aliphatic heterocycles. The van der Waals surface area contributed by atoms with Gasteiger partial charge in [-0.2, -0.15) is 0 Å². The van der Waals surface area contributed by atoms with Crippen LogP contribution < -0.4 is 16.4 Å². The second kappa shape index (κ2) is 9.88. The van der Waals surface area contributed by atoms with Crippen LogP contribution in [0.25, 0.3) is 0 Å². The number of carbonyl (C=O) groups is 2. The molecule has 106 valence electrons. The summed E-state index contributed by atoms with van der Waals surface area (Å²) in [6, 6.07) is 0.100. The molecule has 0 aliphatic carbocycles. The lowest BCUT2D eigenvalue weighted by Gasteiger charge is -2.13. The third-order valence-corrected chi connectivity index (χ3v) is 2.83. The van der Waals surface area contributed by atoms with Crippen molar-refractivity contribution in [2.45, 2.75) is 52.5 Å². The molecule has 18 heavy (non-hydrogen) atoms. The average molecular weight is 257 g/mol. The molecule has 0 aliphatic rings. The molecule has 0 saturated heterocycles. The van der Waals surface area contributed by atoms with Gasteiger partial charge in [0.2, 0.25) is 11.8 Å². The van der Waals surface area contributed by atoms with Crippen LogP contribution in [0.4, 0.5) is 0 Å². The number of amides is 2. The first-order valence-corrected chi connectivity index (χ1v) is 6.75. The second-order valence-electron chi connectivity index (χ2n) is 4.89. The van der Waals surface area contributed by atoms with E-state index in [0.29, 0.717) is 18.9 Å². The van der Waals surface area contributed by atoms with E-state index in [2.05, 4.69) is 17.6 Å². The Labute approximate surface area is 110 Å². The lowest BCUT2D eigenvalue weighted by atomic mass is 9.96. The second-order valence-corrected chi connectivity index (χ2v) is 4.89. The van der Waals surface area contributed by atoms with Crippen LogP contribution in [0.1, 0.15) is 46.5 Å². The molecule has 0 bridgehead atoms. The molecular formula is C13H27N3O2. The summed E-state index contributed by atoms with van der Waals surface area (Å²) >= 11 is 0. The summed E-state index contributed by atoms with van der Waals surface area (Å²) in [5.41, 5.74) is 5.50. The minimum Gasteiger partial charge on any atom is -0.352 e. The number of rotatable bonds is 9. The van der Waals surface area contributed by atoms with Gasteiger partial charge in [0, 0.05) is 12.5 Å². The number of nitrogens with one attached hydrogen (secondary N) is 2. The molecule has 0 fully saturated rings. The van der Waals surface area contributed by atoms with Crippen LogP contribution in [0.5, 0.6) is 0 Å². The minimum atomic E-state index is -0.146. The monoisotopic (exact) mass is 257 g/mol. The summed E-state index contributed by atoms with van der Waals surface area (Å²) in [6.07, 6.45) is 3.30. The van der Waals surface area contributed by atoms with Crippen molar-refractivity contribution < 1.29 is 9.59 Å². The fourth-order valence-electron chi connectivity index (χ4n) is 1.76. The van der Waals surface area contributed by atoms with Gasteiger partial charge in [0.15, 0.2) is 0 Å². The molecule has 1 unspecified atom stereocenters. The predicted molar refractivity (Wildman–Crippen MR) is 73.0 cm³/mol. The van der Waals surface area contributed by atoms with Crippen molar-refractivity contribution in [3.63, 3.8) is 0 Å². The highest BCUT2D eigenvalue weighted by atomic mass is 16.2. The van der Waals surface area contributed by atoms with Gasteiger partial charge in [0.25, 0.3) is 0 Å². The maximum atomic E-state index is 11.5. The highest BCUT2D eigenvalue weighted by Crippen LogP contribution is 2.13. The van der Waals surface area contributed by atoms with Crippen molar-refractivity contribution in [2.24, 2.45) is 11.7 Å². The Morgan fingerprint density at radius 3 is 2.33 bits per heavy atom. The Morgan fingerprint density at radius 1 is 1.17 bits per heavy atom. The molecule has 0 aromatic carbocycles. The molecule has 0 saturated carbocycles. The Kier molecular flexibility index (Phi) is 9.28. The highest BCUT2D eigenvalue weighted by Gasteiger charge is 2.10. The molecule has 2 amide bonds. The maximum Gasteiger partial charge on any atom is 0.239 e. The zero-order valence-electron chi connectivity index (χ0n) is 11.8. The summed E-state index contributed by atoms with van der Waals surface area (Å²) in [6.45, 7) is 6.60. The van der Waals surface area contributed by atoms with Gasteiger partial charge < -0.3 is 16.4 Å². The van der Waals surface area contributed by atoms with E-state index in [4.69, 9.17) is 5.73 Å². The first kappa shape index (κ1) is 16.9. The molecule has 0 rings (SSSR count). The standard InChI is InChI=1S/C13H27N3O2/c1-4-11(7-8-14)5-6-12(17)15-9-13(18)16-10(2)3/h10-11H,4-9,14H2,1-3H3,(H,15,17)(H,16,18). The number of carbonyl (C=O) groups excluding carboxylic acids is 2. The van der Waals surface area contributed by atoms with Crippen LogP contribution in [-0.4, -0.2) is 30.9 Å². The molecule has 5 heteroatoms. The lowest BCUT2D eigenvalue weighted by Crippen LogP contribution is -2.39. The van der Waals surface area contributed by atoms with Gasteiger partial charge in [0.05, 0.1) is 6.54 Å². The van der Waals surface area contributed by atoms with Gasteiger partial charge in [-0.25, -0.2) is 0 Å². The molecule has 0 radical (unpaired) electrons. The topological polar surface area (TPSA) is 84.2 Å². The molecule has 4 N–H and O–H groups in total. The molecule has 5 nitrogen and oxygen atoms in total.